The third kappa shape index (κ3) is 5.51. The SMILES string of the molecule is O=C(Nc1nnc(SCc2cccc(F)c2)s1)c1ccc(S(=O)(=O)N2CCOCC2)cc1. The molecule has 12 heteroatoms. The molecule has 0 aliphatic carbocycles. The molecule has 0 spiro atoms. The molecule has 0 atom stereocenters. The van der Waals surface area contributed by atoms with Crippen LogP contribution in [-0.2, 0) is 20.5 Å². The van der Waals surface area contributed by atoms with E-state index in [1.807, 2.05) is 6.07 Å². The van der Waals surface area contributed by atoms with Gasteiger partial charge in [0.15, 0.2) is 4.34 Å². The first-order valence-electron chi connectivity index (χ1n) is 9.62. The summed E-state index contributed by atoms with van der Waals surface area (Å²) < 4.78 is 45.8. The smallest absolute Gasteiger partial charge is 0.257 e. The van der Waals surface area contributed by atoms with Gasteiger partial charge in [-0.15, -0.1) is 10.2 Å². The van der Waals surface area contributed by atoms with Gasteiger partial charge >= 0.3 is 0 Å². The predicted molar refractivity (Wildman–Crippen MR) is 120 cm³/mol. The lowest BCUT2D eigenvalue weighted by Crippen LogP contribution is -2.40. The van der Waals surface area contributed by atoms with E-state index < -0.39 is 15.9 Å². The van der Waals surface area contributed by atoms with Gasteiger partial charge in [0, 0.05) is 24.4 Å². The number of amides is 1. The Morgan fingerprint density at radius 1 is 1.16 bits per heavy atom. The lowest BCUT2D eigenvalue weighted by molar-refractivity contribution is 0.0730. The molecule has 3 aromatic rings. The molecular weight excluding hydrogens is 475 g/mol. The van der Waals surface area contributed by atoms with Crippen molar-refractivity contribution < 1.29 is 22.3 Å². The van der Waals surface area contributed by atoms with Gasteiger partial charge in [0.25, 0.3) is 5.91 Å². The summed E-state index contributed by atoms with van der Waals surface area (Å²) in [5.74, 6) is -0.186. The maximum Gasteiger partial charge on any atom is 0.257 e. The number of hydrogen-bond acceptors (Lipinski definition) is 8. The van der Waals surface area contributed by atoms with Crippen molar-refractivity contribution in [2.45, 2.75) is 15.0 Å². The highest BCUT2D eigenvalue weighted by molar-refractivity contribution is 8.00. The van der Waals surface area contributed by atoms with Gasteiger partial charge < -0.3 is 4.74 Å². The second kappa shape index (κ2) is 10.0. The average molecular weight is 495 g/mol. The van der Waals surface area contributed by atoms with Gasteiger partial charge in [-0.2, -0.15) is 4.31 Å². The van der Waals surface area contributed by atoms with Gasteiger partial charge in [-0.25, -0.2) is 12.8 Å². The number of aromatic nitrogens is 2. The second-order valence-electron chi connectivity index (χ2n) is 6.79. The Morgan fingerprint density at radius 3 is 2.62 bits per heavy atom. The quantitative estimate of drug-likeness (QED) is 0.397. The normalized spacial score (nSPS) is 14.9. The molecule has 0 saturated carbocycles. The average Bonchev–Trinajstić information content (AvgIpc) is 3.25. The summed E-state index contributed by atoms with van der Waals surface area (Å²) in [4.78, 5) is 12.6. The Bertz CT molecular complexity index is 1200. The first kappa shape index (κ1) is 22.8. The van der Waals surface area contributed by atoms with Crippen LogP contribution in [-0.4, -0.2) is 55.1 Å². The number of sulfonamides is 1. The number of thioether (sulfide) groups is 1. The number of hydrogen-bond donors (Lipinski definition) is 1. The Balaban J connectivity index is 1.36. The van der Waals surface area contributed by atoms with Crippen molar-refractivity contribution in [1.82, 2.24) is 14.5 Å². The Hall–Kier alpha value is -2.38. The number of benzene rings is 2. The van der Waals surface area contributed by atoms with Gasteiger partial charge in [-0.3, -0.25) is 10.1 Å². The van der Waals surface area contributed by atoms with E-state index in [1.54, 1.807) is 6.07 Å². The second-order valence-corrected chi connectivity index (χ2v) is 10.9. The van der Waals surface area contributed by atoms with E-state index in [0.29, 0.717) is 47.1 Å². The number of anilines is 1. The predicted octanol–water partition coefficient (Wildman–Crippen LogP) is 3.24. The lowest BCUT2D eigenvalue weighted by Gasteiger charge is -2.26. The van der Waals surface area contributed by atoms with Crippen molar-refractivity contribution in [2.24, 2.45) is 0 Å². The van der Waals surface area contributed by atoms with Gasteiger partial charge in [-0.05, 0) is 42.0 Å². The highest BCUT2D eigenvalue weighted by atomic mass is 32.2. The summed E-state index contributed by atoms with van der Waals surface area (Å²) in [7, 11) is -3.62. The number of nitrogens with zero attached hydrogens (tertiary/aromatic N) is 3. The minimum Gasteiger partial charge on any atom is -0.379 e. The zero-order valence-corrected chi connectivity index (χ0v) is 19.2. The molecule has 1 saturated heterocycles. The molecule has 168 valence electrons. The molecular formula is C20H19FN4O4S3. The third-order valence-corrected chi connectivity index (χ3v) is 8.56. The first-order valence-corrected chi connectivity index (χ1v) is 12.9. The standard InChI is InChI=1S/C20H19FN4O4S3/c21-16-3-1-2-14(12-16)13-30-20-24-23-19(31-20)22-18(26)15-4-6-17(7-5-15)32(27,28)25-8-10-29-11-9-25/h1-7,12H,8-11,13H2,(H,22,23,26). The highest BCUT2D eigenvalue weighted by Gasteiger charge is 2.26. The summed E-state index contributed by atoms with van der Waals surface area (Å²) in [6, 6.07) is 12.1. The van der Waals surface area contributed by atoms with Crippen LogP contribution < -0.4 is 5.32 Å². The minimum atomic E-state index is -3.62. The van der Waals surface area contributed by atoms with E-state index >= 15 is 0 Å². The fourth-order valence-corrected chi connectivity index (χ4v) is 6.07. The number of carbonyl (C=O) groups is 1. The Labute approximate surface area is 192 Å². The van der Waals surface area contributed by atoms with E-state index in [0.717, 1.165) is 5.56 Å². The zero-order valence-electron chi connectivity index (χ0n) is 16.7. The number of nitrogens with one attached hydrogen (secondary N) is 1. The number of morpholine rings is 1. The molecule has 32 heavy (non-hydrogen) atoms. The van der Waals surface area contributed by atoms with E-state index in [9.17, 15) is 17.6 Å². The van der Waals surface area contributed by atoms with E-state index in [4.69, 9.17) is 4.74 Å². The molecule has 4 rings (SSSR count). The van der Waals surface area contributed by atoms with Crippen LogP contribution in [0.3, 0.4) is 0 Å². The summed E-state index contributed by atoms with van der Waals surface area (Å²) in [5, 5.41) is 11.0. The van der Waals surface area contributed by atoms with Crippen LogP contribution in [0.4, 0.5) is 9.52 Å². The Kier molecular flexibility index (Phi) is 7.16. The number of rotatable bonds is 7. The van der Waals surface area contributed by atoms with Crippen LogP contribution >= 0.6 is 23.1 Å². The maximum atomic E-state index is 13.3. The molecule has 1 amide bonds. The monoisotopic (exact) mass is 494 g/mol. The van der Waals surface area contributed by atoms with Crippen molar-refractivity contribution in [3.05, 3.63) is 65.5 Å². The lowest BCUT2D eigenvalue weighted by atomic mass is 10.2. The van der Waals surface area contributed by atoms with Gasteiger partial charge in [0.1, 0.15) is 5.82 Å². The molecule has 1 aromatic heterocycles. The van der Waals surface area contributed by atoms with Crippen molar-refractivity contribution in [2.75, 3.05) is 31.6 Å². The first-order chi connectivity index (χ1) is 15.4. The van der Waals surface area contributed by atoms with Gasteiger partial charge in [-0.1, -0.05) is 35.2 Å². The number of halogens is 1. The van der Waals surface area contributed by atoms with Crippen molar-refractivity contribution >= 4 is 44.2 Å². The fourth-order valence-electron chi connectivity index (χ4n) is 2.97. The van der Waals surface area contributed by atoms with Crippen LogP contribution in [0.5, 0.6) is 0 Å². The van der Waals surface area contributed by atoms with Crippen LogP contribution in [0, 0.1) is 5.82 Å². The summed E-state index contributed by atoms with van der Waals surface area (Å²) in [5.41, 5.74) is 1.12. The largest absolute Gasteiger partial charge is 0.379 e. The molecule has 1 aliphatic heterocycles. The maximum absolute atomic E-state index is 13.3. The molecule has 0 unspecified atom stereocenters. The molecule has 0 radical (unpaired) electrons. The topological polar surface area (TPSA) is 101 Å². The number of carbonyl (C=O) groups excluding carboxylic acids is 1. The van der Waals surface area contributed by atoms with Crippen molar-refractivity contribution in [1.29, 1.82) is 0 Å². The summed E-state index contributed by atoms with van der Waals surface area (Å²) in [6.07, 6.45) is 0. The molecule has 1 aliphatic rings. The highest BCUT2D eigenvalue weighted by Crippen LogP contribution is 2.28. The molecule has 1 fully saturated rings. The third-order valence-electron chi connectivity index (χ3n) is 4.60. The number of ether oxygens (including phenoxy) is 1. The molecule has 0 bridgehead atoms. The van der Waals surface area contributed by atoms with E-state index in [2.05, 4.69) is 15.5 Å². The Morgan fingerprint density at radius 2 is 1.91 bits per heavy atom. The van der Waals surface area contributed by atoms with Gasteiger partial charge in [0.2, 0.25) is 15.2 Å². The molecule has 8 nitrogen and oxygen atoms in total. The van der Waals surface area contributed by atoms with Crippen molar-refractivity contribution in [3.63, 3.8) is 0 Å². The van der Waals surface area contributed by atoms with Crippen molar-refractivity contribution in [3.8, 4) is 0 Å². The van der Waals surface area contributed by atoms with Crippen LogP contribution in [0.25, 0.3) is 0 Å². The molecule has 1 N–H and O–H groups in total. The van der Waals surface area contributed by atoms with Crippen LogP contribution in [0.15, 0.2) is 57.8 Å². The summed E-state index contributed by atoms with van der Waals surface area (Å²) >= 11 is 2.60. The van der Waals surface area contributed by atoms with E-state index in [-0.39, 0.29) is 10.7 Å². The van der Waals surface area contributed by atoms with Gasteiger partial charge in [0.05, 0.1) is 18.1 Å². The van der Waals surface area contributed by atoms with Crippen LogP contribution in [0.2, 0.25) is 0 Å². The fraction of sp³-hybridized carbons (Fsp3) is 0.250. The minimum absolute atomic E-state index is 0.128. The van der Waals surface area contributed by atoms with Crippen LogP contribution in [0.1, 0.15) is 15.9 Å². The summed E-state index contributed by atoms with van der Waals surface area (Å²) in [6.45, 7) is 1.34. The molecule has 2 heterocycles. The zero-order chi connectivity index (χ0) is 22.6. The molecule has 2 aromatic carbocycles. The van der Waals surface area contributed by atoms with E-state index in [1.165, 1.54) is 63.8 Å².